The summed E-state index contributed by atoms with van der Waals surface area (Å²) in [4.78, 5) is 0. The third kappa shape index (κ3) is 2.87. The molecular weight excluding hydrogens is 206 g/mol. The quantitative estimate of drug-likeness (QED) is 0.798. The molecule has 1 aromatic rings. The summed E-state index contributed by atoms with van der Waals surface area (Å²) in [6, 6.07) is 5.69. The van der Waals surface area contributed by atoms with Gasteiger partial charge >= 0.3 is 0 Å². The van der Waals surface area contributed by atoms with Crippen molar-refractivity contribution < 1.29 is 14.2 Å². The predicted octanol–water partition coefficient (Wildman–Crippen LogP) is 1.61. The monoisotopic (exact) mass is 225 g/mol. The molecule has 0 aliphatic rings. The molecule has 0 heterocycles. The molecule has 1 N–H and O–H groups in total. The fourth-order valence-corrected chi connectivity index (χ4v) is 1.60. The molecule has 0 aromatic heterocycles. The van der Waals surface area contributed by atoms with Gasteiger partial charge in [-0.05, 0) is 25.2 Å². The highest BCUT2D eigenvalue weighted by molar-refractivity contribution is 5.41. The first kappa shape index (κ1) is 12.8. The zero-order valence-corrected chi connectivity index (χ0v) is 10.2. The number of rotatable bonds is 6. The van der Waals surface area contributed by atoms with Gasteiger partial charge in [-0.3, -0.25) is 0 Å². The lowest BCUT2D eigenvalue weighted by atomic mass is 10.1. The minimum atomic E-state index is -0.0463. The van der Waals surface area contributed by atoms with E-state index in [1.54, 1.807) is 21.3 Å². The van der Waals surface area contributed by atoms with Crippen LogP contribution >= 0.6 is 0 Å². The second-order valence-electron chi connectivity index (χ2n) is 3.39. The lowest BCUT2D eigenvalue weighted by Crippen LogP contribution is -2.19. The molecule has 1 atom stereocenters. The van der Waals surface area contributed by atoms with Crippen molar-refractivity contribution in [3.8, 4) is 11.5 Å². The van der Waals surface area contributed by atoms with Gasteiger partial charge < -0.3 is 19.5 Å². The van der Waals surface area contributed by atoms with Crippen LogP contribution in [0.5, 0.6) is 11.5 Å². The topological polar surface area (TPSA) is 39.7 Å². The van der Waals surface area contributed by atoms with Crippen molar-refractivity contribution in [3.63, 3.8) is 0 Å². The van der Waals surface area contributed by atoms with Gasteiger partial charge in [0.25, 0.3) is 0 Å². The van der Waals surface area contributed by atoms with Crippen molar-refractivity contribution in [2.24, 2.45) is 0 Å². The van der Waals surface area contributed by atoms with Crippen LogP contribution in [0.25, 0.3) is 0 Å². The summed E-state index contributed by atoms with van der Waals surface area (Å²) in [6.07, 6.45) is -0.0463. The van der Waals surface area contributed by atoms with Crippen LogP contribution in [0.3, 0.4) is 0 Å². The van der Waals surface area contributed by atoms with Gasteiger partial charge in [-0.2, -0.15) is 0 Å². The summed E-state index contributed by atoms with van der Waals surface area (Å²) in [6.45, 7) is 0.722. The molecule has 0 fully saturated rings. The van der Waals surface area contributed by atoms with E-state index in [2.05, 4.69) is 5.32 Å². The van der Waals surface area contributed by atoms with Gasteiger partial charge in [-0.15, -0.1) is 0 Å². The van der Waals surface area contributed by atoms with Crippen LogP contribution in [0.1, 0.15) is 11.7 Å². The fourth-order valence-electron chi connectivity index (χ4n) is 1.60. The van der Waals surface area contributed by atoms with Crippen LogP contribution in [0, 0.1) is 0 Å². The average Bonchev–Trinajstić information content (AvgIpc) is 2.35. The number of ether oxygens (including phenoxy) is 3. The maximum absolute atomic E-state index is 5.42. The zero-order valence-electron chi connectivity index (χ0n) is 10.2. The molecule has 90 valence electrons. The molecule has 0 aliphatic heterocycles. The molecule has 16 heavy (non-hydrogen) atoms. The lowest BCUT2D eigenvalue weighted by molar-refractivity contribution is 0.101. The maximum Gasteiger partial charge on any atom is 0.124 e. The summed E-state index contributed by atoms with van der Waals surface area (Å²) >= 11 is 0. The Morgan fingerprint density at radius 3 is 2.44 bits per heavy atom. The summed E-state index contributed by atoms with van der Waals surface area (Å²) < 4.78 is 15.9. The number of benzene rings is 1. The molecule has 0 aliphatic carbocycles. The first-order chi connectivity index (χ1) is 7.76. The van der Waals surface area contributed by atoms with E-state index >= 15 is 0 Å². The predicted molar refractivity (Wildman–Crippen MR) is 63.2 cm³/mol. The number of likely N-dealkylation sites (N-methyl/N-ethyl adjacent to an activating group) is 1. The Kier molecular flexibility index (Phi) is 5.08. The van der Waals surface area contributed by atoms with Crippen LogP contribution < -0.4 is 14.8 Å². The second kappa shape index (κ2) is 6.35. The van der Waals surface area contributed by atoms with Crippen molar-refractivity contribution in [2.75, 3.05) is 34.9 Å². The molecule has 0 spiro atoms. The average molecular weight is 225 g/mol. The highest BCUT2D eigenvalue weighted by atomic mass is 16.5. The molecule has 0 amide bonds. The van der Waals surface area contributed by atoms with Crippen molar-refractivity contribution >= 4 is 0 Å². The molecule has 0 saturated heterocycles. The zero-order chi connectivity index (χ0) is 12.0. The van der Waals surface area contributed by atoms with Crippen LogP contribution in [-0.4, -0.2) is 34.9 Å². The van der Waals surface area contributed by atoms with Crippen LogP contribution in [0.15, 0.2) is 18.2 Å². The molecule has 1 rings (SSSR count). The Morgan fingerprint density at radius 2 is 1.94 bits per heavy atom. The fraction of sp³-hybridized carbons (Fsp3) is 0.500. The highest BCUT2D eigenvalue weighted by Gasteiger charge is 2.15. The van der Waals surface area contributed by atoms with E-state index in [1.165, 1.54) is 0 Å². The van der Waals surface area contributed by atoms with E-state index < -0.39 is 0 Å². The number of hydrogen-bond acceptors (Lipinski definition) is 4. The summed E-state index contributed by atoms with van der Waals surface area (Å²) in [5.74, 6) is 1.61. The van der Waals surface area contributed by atoms with E-state index in [1.807, 2.05) is 25.2 Å². The van der Waals surface area contributed by atoms with E-state index in [9.17, 15) is 0 Å². The summed E-state index contributed by atoms with van der Waals surface area (Å²) in [5, 5.41) is 3.08. The molecule has 1 unspecified atom stereocenters. The lowest BCUT2D eigenvalue weighted by Gasteiger charge is -2.18. The highest BCUT2D eigenvalue weighted by Crippen LogP contribution is 2.30. The third-order valence-corrected chi connectivity index (χ3v) is 2.46. The SMILES string of the molecule is CNCC(OC)c1cc(OC)ccc1OC. The molecule has 0 bridgehead atoms. The molecule has 4 heteroatoms. The molecule has 0 saturated carbocycles. The van der Waals surface area contributed by atoms with Gasteiger partial charge in [0.1, 0.15) is 11.5 Å². The van der Waals surface area contributed by atoms with Crippen LogP contribution in [-0.2, 0) is 4.74 Å². The number of methoxy groups -OCH3 is 3. The molecule has 1 aromatic carbocycles. The van der Waals surface area contributed by atoms with Gasteiger partial charge in [-0.25, -0.2) is 0 Å². The number of nitrogens with one attached hydrogen (secondary N) is 1. The molecule has 4 nitrogen and oxygen atoms in total. The Morgan fingerprint density at radius 1 is 1.19 bits per heavy atom. The Hall–Kier alpha value is -1.26. The Labute approximate surface area is 96.5 Å². The normalized spacial score (nSPS) is 12.2. The number of hydrogen-bond donors (Lipinski definition) is 1. The van der Waals surface area contributed by atoms with Gasteiger partial charge in [0.15, 0.2) is 0 Å². The minimum absolute atomic E-state index is 0.0463. The maximum atomic E-state index is 5.42. The van der Waals surface area contributed by atoms with Crippen molar-refractivity contribution in [2.45, 2.75) is 6.10 Å². The van der Waals surface area contributed by atoms with E-state index in [-0.39, 0.29) is 6.10 Å². The Balaban J connectivity index is 3.05. The summed E-state index contributed by atoms with van der Waals surface area (Å²) in [7, 11) is 6.86. The van der Waals surface area contributed by atoms with E-state index in [0.717, 1.165) is 23.6 Å². The second-order valence-corrected chi connectivity index (χ2v) is 3.39. The van der Waals surface area contributed by atoms with Crippen molar-refractivity contribution in [1.29, 1.82) is 0 Å². The molecule has 0 radical (unpaired) electrons. The van der Waals surface area contributed by atoms with Crippen LogP contribution in [0.2, 0.25) is 0 Å². The van der Waals surface area contributed by atoms with Gasteiger partial charge in [0.05, 0.1) is 20.3 Å². The van der Waals surface area contributed by atoms with Gasteiger partial charge in [-0.1, -0.05) is 0 Å². The standard InChI is InChI=1S/C12H19NO3/c1-13-8-12(16-4)10-7-9(14-2)5-6-11(10)15-3/h5-7,12-13H,8H2,1-4H3. The summed E-state index contributed by atoms with van der Waals surface area (Å²) in [5.41, 5.74) is 0.985. The first-order valence-electron chi connectivity index (χ1n) is 5.16. The van der Waals surface area contributed by atoms with E-state index in [0.29, 0.717) is 0 Å². The van der Waals surface area contributed by atoms with Crippen molar-refractivity contribution in [1.82, 2.24) is 5.32 Å². The molecular formula is C12H19NO3. The third-order valence-electron chi connectivity index (χ3n) is 2.46. The smallest absolute Gasteiger partial charge is 0.124 e. The van der Waals surface area contributed by atoms with E-state index in [4.69, 9.17) is 14.2 Å². The first-order valence-corrected chi connectivity index (χ1v) is 5.16. The van der Waals surface area contributed by atoms with Crippen LogP contribution in [0.4, 0.5) is 0 Å². The largest absolute Gasteiger partial charge is 0.497 e. The van der Waals surface area contributed by atoms with Gasteiger partial charge in [0, 0.05) is 19.2 Å². The minimum Gasteiger partial charge on any atom is -0.497 e. The Bertz CT molecular complexity index is 328. The van der Waals surface area contributed by atoms with Gasteiger partial charge in [0.2, 0.25) is 0 Å². The van der Waals surface area contributed by atoms with Crippen molar-refractivity contribution in [3.05, 3.63) is 23.8 Å².